The molecule has 0 bridgehead atoms. The maximum Gasteiger partial charge on any atom is 0.246 e. The van der Waals surface area contributed by atoms with E-state index in [-0.39, 0.29) is 5.91 Å². The van der Waals surface area contributed by atoms with Crippen LogP contribution in [0.5, 0.6) is 0 Å². The van der Waals surface area contributed by atoms with Crippen molar-refractivity contribution in [3.63, 3.8) is 0 Å². The lowest BCUT2D eigenvalue weighted by Gasteiger charge is -2.27. The summed E-state index contributed by atoms with van der Waals surface area (Å²) in [5.74, 6) is -0.0991. The summed E-state index contributed by atoms with van der Waals surface area (Å²) < 4.78 is 13.0. The highest BCUT2D eigenvalue weighted by Crippen LogP contribution is 2.23. The number of carbonyl (C=O) groups excluding carboxylic acids is 1. The Morgan fingerprint density at radius 3 is 2.58 bits per heavy atom. The lowest BCUT2D eigenvalue weighted by molar-refractivity contribution is -0.127. The summed E-state index contributed by atoms with van der Waals surface area (Å²) in [4.78, 5) is 13.5. The highest BCUT2D eigenvalue weighted by Gasteiger charge is 2.20. The molecule has 0 unspecified atom stereocenters. The summed E-state index contributed by atoms with van der Waals surface area (Å²) in [6.07, 6.45) is 3.24. The van der Waals surface area contributed by atoms with Crippen molar-refractivity contribution in [1.29, 1.82) is 0 Å². The first-order valence-corrected chi connectivity index (χ1v) is 6.88. The van der Waals surface area contributed by atoms with Crippen LogP contribution in [0.1, 0.15) is 18.4 Å². The van der Waals surface area contributed by atoms with Crippen LogP contribution >= 0.6 is 23.2 Å². The summed E-state index contributed by atoms with van der Waals surface area (Å²) >= 11 is 11.7. The number of likely N-dealkylation sites (tertiary alicyclic amines) is 1. The van der Waals surface area contributed by atoms with Crippen molar-refractivity contribution < 1.29 is 9.18 Å². The maximum atomic E-state index is 13.0. The first-order valence-electron chi connectivity index (χ1n) is 6.12. The van der Waals surface area contributed by atoms with Crippen molar-refractivity contribution in [3.8, 4) is 0 Å². The van der Waals surface area contributed by atoms with Gasteiger partial charge in [-0.25, -0.2) is 4.39 Å². The number of nitrogens with zero attached hydrogens (tertiary/aromatic N) is 1. The Hall–Kier alpha value is -1.06. The van der Waals surface area contributed by atoms with Gasteiger partial charge in [-0.05, 0) is 36.6 Å². The molecule has 0 spiro atoms. The van der Waals surface area contributed by atoms with Crippen molar-refractivity contribution in [2.24, 2.45) is 0 Å². The Labute approximate surface area is 121 Å². The number of alkyl halides is 1. The molecular formula is C14H14Cl2FNO. The molecule has 1 fully saturated rings. The van der Waals surface area contributed by atoms with Crippen LogP contribution in [0.25, 0.3) is 6.08 Å². The summed E-state index contributed by atoms with van der Waals surface area (Å²) in [7, 11) is 0. The number of rotatable bonds is 2. The molecule has 19 heavy (non-hydrogen) atoms. The predicted octanol–water partition coefficient (Wildman–Crippen LogP) is 3.97. The van der Waals surface area contributed by atoms with E-state index in [9.17, 15) is 9.18 Å². The molecule has 5 heteroatoms. The molecule has 1 aliphatic rings. The highest BCUT2D eigenvalue weighted by molar-refractivity contribution is 6.42. The van der Waals surface area contributed by atoms with Gasteiger partial charge in [-0.3, -0.25) is 4.79 Å². The number of carbonyl (C=O) groups is 1. The zero-order valence-corrected chi connectivity index (χ0v) is 11.8. The van der Waals surface area contributed by atoms with E-state index < -0.39 is 6.17 Å². The van der Waals surface area contributed by atoms with Gasteiger partial charge in [0.1, 0.15) is 6.17 Å². The molecule has 0 atom stereocenters. The molecule has 1 saturated heterocycles. The summed E-state index contributed by atoms with van der Waals surface area (Å²) in [5.41, 5.74) is 0.808. The van der Waals surface area contributed by atoms with E-state index >= 15 is 0 Å². The van der Waals surface area contributed by atoms with Crippen LogP contribution in [0.4, 0.5) is 4.39 Å². The topological polar surface area (TPSA) is 20.3 Å². The van der Waals surface area contributed by atoms with Crippen LogP contribution in [0.15, 0.2) is 24.3 Å². The number of amides is 1. The molecule has 0 saturated carbocycles. The largest absolute Gasteiger partial charge is 0.339 e. The van der Waals surface area contributed by atoms with Gasteiger partial charge in [0.25, 0.3) is 0 Å². The molecule has 0 aliphatic carbocycles. The number of hydrogen-bond acceptors (Lipinski definition) is 1. The van der Waals surface area contributed by atoms with Crippen molar-refractivity contribution >= 4 is 35.2 Å². The van der Waals surface area contributed by atoms with Crippen molar-refractivity contribution in [1.82, 2.24) is 4.90 Å². The average molecular weight is 302 g/mol. The molecule has 0 aromatic heterocycles. The second-order valence-corrected chi connectivity index (χ2v) is 5.32. The third-order valence-electron chi connectivity index (χ3n) is 3.10. The summed E-state index contributed by atoms with van der Waals surface area (Å²) in [6.45, 7) is 0.956. The number of halogens is 3. The maximum absolute atomic E-state index is 13.0. The normalized spacial score (nSPS) is 17.1. The molecule has 1 aromatic carbocycles. The Balaban J connectivity index is 1.98. The van der Waals surface area contributed by atoms with Crippen molar-refractivity contribution in [2.45, 2.75) is 19.0 Å². The molecule has 1 aliphatic heterocycles. The predicted molar refractivity (Wildman–Crippen MR) is 76.2 cm³/mol. The van der Waals surface area contributed by atoms with Gasteiger partial charge < -0.3 is 4.90 Å². The fourth-order valence-corrected chi connectivity index (χ4v) is 2.26. The van der Waals surface area contributed by atoms with E-state index in [2.05, 4.69) is 0 Å². The number of hydrogen-bond donors (Lipinski definition) is 0. The third-order valence-corrected chi connectivity index (χ3v) is 3.84. The van der Waals surface area contributed by atoms with Gasteiger partial charge in [-0.2, -0.15) is 0 Å². The van der Waals surface area contributed by atoms with Crippen molar-refractivity contribution in [2.75, 3.05) is 13.1 Å². The monoisotopic (exact) mass is 301 g/mol. The molecule has 0 N–H and O–H groups in total. The molecular weight excluding hydrogens is 288 g/mol. The average Bonchev–Trinajstić information content (AvgIpc) is 2.40. The van der Waals surface area contributed by atoms with Crippen LogP contribution in [0, 0.1) is 0 Å². The second-order valence-electron chi connectivity index (χ2n) is 4.51. The van der Waals surface area contributed by atoms with E-state index in [1.54, 1.807) is 29.2 Å². The minimum Gasteiger partial charge on any atom is -0.339 e. The molecule has 2 rings (SSSR count). The van der Waals surface area contributed by atoms with E-state index in [1.807, 2.05) is 0 Å². The molecule has 1 heterocycles. The van der Waals surface area contributed by atoms with E-state index in [0.29, 0.717) is 36.0 Å². The zero-order chi connectivity index (χ0) is 13.8. The van der Waals surface area contributed by atoms with Gasteiger partial charge in [0.05, 0.1) is 10.0 Å². The Kier molecular flexibility index (Phi) is 4.83. The lowest BCUT2D eigenvalue weighted by Crippen LogP contribution is -2.38. The van der Waals surface area contributed by atoms with Gasteiger partial charge >= 0.3 is 0 Å². The lowest BCUT2D eigenvalue weighted by atomic mass is 10.1. The number of piperidine rings is 1. The van der Waals surface area contributed by atoms with Gasteiger partial charge in [-0.15, -0.1) is 0 Å². The molecule has 1 aromatic rings. The quantitative estimate of drug-likeness (QED) is 0.757. The molecule has 102 valence electrons. The van der Waals surface area contributed by atoms with E-state index in [0.717, 1.165) is 5.56 Å². The standard InChI is InChI=1S/C14H14Cl2FNO/c15-12-3-1-10(9-13(12)16)2-4-14(19)18-7-5-11(17)6-8-18/h1-4,9,11H,5-8H2. The first-order chi connectivity index (χ1) is 9.06. The van der Waals surface area contributed by atoms with Crippen LogP contribution in [-0.4, -0.2) is 30.1 Å². The fraction of sp³-hybridized carbons (Fsp3) is 0.357. The van der Waals surface area contributed by atoms with Crippen LogP contribution in [-0.2, 0) is 4.79 Å². The Morgan fingerprint density at radius 1 is 1.26 bits per heavy atom. The molecule has 2 nitrogen and oxygen atoms in total. The van der Waals surface area contributed by atoms with Crippen LogP contribution < -0.4 is 0 Å². The minimum atomic E-state index is -0.775. The van der Waals surface area contributed by atoms with E-state index in [1.165, 1.54) is 6.08 Å². The molecule has 1 amide bonds. The third kappa shape index (κ3) is 3.95. The van der Waals surface area contributed by atoms with Gasteiger partial charge in [-0.1, -0.05) is 29.3 Å². The van der Waals surface area contributed by atoms with Gasteiger partial charge in [0, 0.05) is 19.2 Å². The van der Waals surface area contributed by atoms with Gasteiger partial charge in [0.15, 0.2) is 0 Å². The summed E-state index contributed by atoms with van der Waals surface area (Å²) in [5, 5.41) is 0.935. The molecule has 0 radical (unpaired) electrons. The highest BCUT2D eigenvalue weighted by atomic mass is 35.5. The van der Waals surface area contributed by atoms with Crippen LogP contribution in [0.2, 0.25) is 10.0 Å². The Bertz CT molecular complexity index is 496. The summed E-state index contributed by atoms with van der Waals surface area (Å²) in [6, 6.07) is 5.16. The number of benzene rings is 1. The SMILES string of the molecule is O=C(C=Cc1ccc(Cl)c(Cl)c1)N1CCC(F)CC1. The van der Waals surface area contributed by atoms with Crippen molar-refractivity contribution in [3.05, 3.63) is 39.9 Å². The van der Waals surface area contributed by atoms with Crippen LogP contribution in [0.3, 0.4) is 0 Å². The smallest absolute Gasteiger partial charge is 0.246 e. The minimum absolute atomic E-state index is 0.0991. The Morgan fingerprint density at radius 2 is 1.95 bits per heavy atom. The fourth-order valence-electron chi connectivity index (χ4n) is 1.96. The second kappa shape index (κ2) is 6.40. The first kappa shape index (κ1) is 14.4. The van der Waals surface area contributed by atoms with Gasteiger partial charge in [0.2, 0.25) is 5.91 Å². The van der Waals surface area contributed by atoms with E-state index in [4.69, 9.17) is 23.2 Å². The zero-order valence-electron chi connectivity index (χ0n) is 10.3.